The molecule has 1 N–H and O–H groups in total. The molecule has 5 nitrogen and oxygen atoms in total. The first-order valence-electron chi connectivity index (χ1n) is 6.46. The number of esters is 1. The van der Waals surface area contributed by atoms with Crippen molar-refractivity contribution >= 4 is 23.6 Å². The number of amides is 1. The third-order valence-electron chi connectivity index (χ3n) is 3.02. The van der Waals surface area contributed by atoms with Gasteiger partial charge in [-0.1, -0.05) is 13.8 Å². The van der Waals surface area contributed by atoms with Crippen LogP contribution in [0, 0.1) is 0 Å². The molecule has 1 amide bonds. The maximum Gasteiger partial charge on any atom is 0.331 e. The van der Waals surface area contributed by atoms with Crippen LogP contribution in [0.2, 0.25) is 0 Å². The number of carbonyl (C=O) groups is 2. The van der Waals surface area contributed by atoms with Crippen LogP contribution in [0.25, 0.3) is 0 Å². The Labute approximate surface area is 123 Å². The topological polar surface area (TPSA) is 68.3 Å². The normalized spacial score (nSPS) is 13.4. The van der Waals surface area contributed by atoms with Crippen LogP contribution in [0.3, 0.4) is 0 Å². The van der Waals surface area contributed by atoms with Crippen molar-refractivity contribution in [2.24, 2.45) is 0 Å². The van der Waals surface area contributed by atoms with Crippen LogP contribution in [0.15, 0.2) is 23.4 Å². The first-order valence-corrected chi connectivity index (χ1v) is 7.45. The molecule has 0 aliphatic rings. The van der Waals surface area contributed by atoms with Crippen LogP contribution in [0.1, 0.15) is 37.6 Å². The minimum Gasteiger partial charge on any atom is -0.467 e. The van der Waals surface area contributed by atoms with Crippen LogP contribution in [0.4, 0.5) is 0 Å². The second-order valence-electron chi connectivity index (χ2n) is 4.45. The number of nitrogens with one attached hydrogen (secondary N) is 1. The van der Waals surface area contributed by atoms with E-state index in [0.29, 0.717) is 12.0 Å². The molecule has 1 rings (SSSR count). The highest BCUT2D eigenvalue weighted by molar-refractivity contribution is 7.99. The molecular weight excluding hydrogens is 276 g/mol. The van der Waals surface area contributed by atoms with Gasteiger partial charge in [-0.05, 0) is 31.2 Å². The Kier molecular flexibility index (Phi) is 6.01. The number of hydrogen-bond donors (Lipinski definition) is 1. The summed E-state index contributed by atoms with van der Waals surface area (Å²) in [7, 11) is 1.31. The highest BCUT2D eigenvalue weighted by atomic mass is 32.2. The van der Waals surface area contributed by atoms with E-state index in [9.17, 15) is 9.59 Å². The van der Waals surface area contributed by atoms with E-state index in [2.05, 4.69) is 10.3 Å². The van der Waals surface area contributed by atoms with Gasteiger partial charge >= 0.3 is 5.97 Å². The summed E-state index contributed by atoms with van der Waals surface area (Å²) >= 11 is 1.56. The number of thioether (sulfide) groups is 1. The van der Waals surface area contributed by atoms with Crippen molar-refractivity contribution in [3.8, 4) is 0 Å². The molecule has 0 saturated heterocycles. The van der Waals surface area contributed by atoms with Crippen LogP contribution in [-0.2, 0) is 9.53 Å². The van der Waals surface area contributed by atoms with Crippen molar-refractivity contribution in [2.45, 2.75) is 37.8 Å². The molecule has 0 spiro atoms. The van der Waals surface area contributed by atoms with E-state index in [-0.39, 0.29) is 5.91 Å². The molecule has 0 bridgehead atoms. The van der Waals surface area contributed by atoms with Gasteiger partial charge in [0, 0.05) is 11.8 Å². The maximum absolute atomic E-state index is 12.2. The van der Waals surface area contributed by atoms with Crippen LogP contribution in [-0.4, -0.2) is 35.3 Å². The maximum atomic E-state index is 12.2. The number of aromatic nitrogens is 1. The third kappa shape index (κ3) is 3.96. The average molecular weight is 296 g/mol. The summed E-state index contributed by atoms with van der Waals surface area (Å²) in [6.45, 7) is 5.49. The summed E-state index contributed by atoms with van der Waals surface area (Å²) in [6, 6.07) is 3.35. The monoisotopic (exact) mass is 296 g/mol. The minimum atomic E-state index is -1.02. The van der Waals surface area contributed by atoms with Gasteiger partial charge in [0.25, 0.3) is 5.91 Å². The summed E-state index contributed by atoms with van der Waals surface area (Å²) < 4.78 is 4.74. The standard InChI is InChI=1S/C14H20N2O3S/c1-5-14(3,13(18)19-4)16-12(17)10-7-8-15-11(9-10)20-6-2/h7-9H,5-6H2,1-4H3,(H,16,17)/t14-/m0/s1. The molecule has 110 valence electrons. The second-order valence-corrected chi connectivity index (χ2v) is 5.73. The van der Waals surface area contributed by atoms with Gasteiger partial charge in [-0.2, -0.15) is 0 Å². The number of nitrogens with zero attached hydrogens (tertiary/aromatic N) is 1. The Hall–Kier alpha value is -1.56. The van der Waals surface area contributed by atoms with E-state index < -0.39 is 11.5 Å². The Morgan fingerprint density at radius 1 is 1.45 bits per heavy atom. The molecular formula is C14H20N2O3S. The van der Waals surface area contributed by atoms with Gasteiger partial charge in [-0.15, -0.1) is 11.8 Å². The smallest absolute Gasteiger partial charge is 0.331 e. The van der Waals surface area contributed by atoms with Gasteiger partial charge in [0.2, 0.25) is 0 Å². The SMILES string of the molecule is CCSc1cc(C(=O)N[C@@](C)(CC)C(=O)OC)ccn1. The Morgan fingerprint density at radius 3 is 2.70 bits per heavy atom. The number of ether oxygens (including phenoxy) is 1. The fourth-order valence-corrected chi connectivity index (χ4v) is 2.25. The lowest BCUT2D eigenvalue weighted by molar-refractivity contribution is -0.147. The second kappa shape index (κ2) is 7.28. The molecule has 0 unspecified atom stereocenters. The van der Waals surface area contributed by atoms with Crippen LogP contribution in [0.5, 0.6) is 0 Å². The number of pyridine rings is 1. The van der Waals surface area contributed by atoms with Crippen molar-refractivity contribution in [3.63, 3.8) is 0 Å². The molecule has 0 aliphatic heterocycles. The Morgan fingerprint density at radius 2 is 2.15 bits per heavy atom. The van der Waals surface area contributed by atoms with Crippen molar-refractivity contribution in [3.05, 3.63) is 23.9 Å². The minimum absolute atomic E-state index is 0.305. The zero-order valence-corrected chi connectivity index (χ0v) is 13.0. The van der Waals surface area contributed by atoms with Gasteiger partial charge in [0.1, 0.15) is 5.54 Å². The molecule has 0 aliphatic carbocycles. The lowest BCUT2D eigenvalue weighted by Crippen LogP contribution is -2.52. The number of rotatable bonds is 6. The predicted molar refractivity (Wildman–Crippen MR) is 78.8 cm³/mol. The molecule has 1 heterocycles. The summed E-state index contributed by atoms with van der Waals surface area (Å²) in [5.74, 6) is 0.123. The molecule has 0 saturated carbocycles. The van der Waals surface area contributed by atoms with E-state index in [0.717, 1.165) is 10.8 Å². The van der Waals surface area contributed by atoms with Crippen LogP contribution < -0.4 is 5.32 Å². The van der Waals surface area contributed by atoms with E-state index in [4.69, 9.17) is 4.74 Å². The Bertz CT molecular complexity index is 493. The summed E-state index contributed by atoms with van der Waals surface area (Å²) in [5.41, 5.74) is -0.535. The number of methoxy groups -OCH3 is 1. The highest BCUT2D eigenvalue weighted by Crippen LogP contribution is 2.17. The van der Waals surface area contributed by atoms with Crippen molar-refractivity contribution < 1.29 is 14.3 Å². The van der Waals surface area contributed by atoms with Gasteiger partial charge < -0.3 is 10.1 Å². The zero-order chi connectivity index (χ0) is 15.2. The predicted octanol–water partition coefficient (Wildman–Crippen LogP) is 2.27. The zero-order valence-electron chi connectivity index (χ0n) is 12.2. The van der Waals surface area contributed by atoms with Crippen molar-refractivity contribution in [1.82, 2.24) is 10.3 Å². The largest absolute Gasteiger partial charge is 0.467 e. The Balaban J connectivity index is 2.89. The van der Waals surface area contributed by atoms with Gasteiger partial charge in [-0.25, -0.2) is 9.78 Å². The summed E-state index contributed by atoms with van der Waals surface area (Å²) in [4.78, 5) is 28.2. The van der Waals surface area contributed by atoms with Gasteiger partial charge in [0.05, 0.1) is 12.1 Å². The molecule has 1 atom stereocenters. The fraction of sp³-hybridized carbons (Fsp3) is 0.500. The van der Waals surface area contributed by atoms with E-state index in [1.807, 2.05) is 13.8 Å². The number of hydrogen-bond acceptors (Lipinski definition) is 5. The summed E-state index contributed by atoms with van der Waals surface area (Å²) in [6.07, 6.45) is 2.04. The van der Waals surface area contributed by atoms with Gasteiger partial charge in [-0.3, -0.25) is 4.79 Å². The fourth-order valence-electron chi connectivity index (χ4n) is 1.61. The lowest BCUT2D eigenvalue weighted by atomic mass is 9.98. The molecule has 20 heavy (non-hydrogen) atoms. The molecule has 0 radical (unpaired) electrons. The average Bonchev–Trinajstić information content (AvgIpc) is 2.46. The molecule has 1 aromatic rings. The van der Waals surface area contributed by atoms with Crippen molar-refractivity contribution in [2.75, 3.05) is 12.9 Å². The lowest BCUT2D eigenvalue weighted by Gasteiger charge is -2.26. The van der Waals surface area contributed by atoms with Crippen LogP contribution >= 0.6 is 11.8 Å². The quantitative estimate of drug-likeness (QED) is 0.644. The van der Waals surface area contributed by atoms with Gasteiger partial charge in [0.15, 0.2) is 0 Å². The first-order chi connectivity index (χ1) is 9.46. The number of carbonyl (C=O) groups excluding carboxylic acids is 2. The van der Waals surface area contributed by atoms with E-state index in [1.54, 1.807) is 37.0 Å². The summed E-state index contributed by atoms with van der Waals surface area (Å²) in [5, 5.41) is 3.52. The van der Waals surface area contributed by atoms with Crippen molar-refractivity contribution in [1.29, 1.82) is 0 Å². The third-order valence-corrected chi connectivity index (χ3v) is 3.83. The molecule has 6 heteroatoms. The highest BCUT2D eigenvalue weighted by Gasteiger charge is 2.34. The van der Waals surface area contributed by atoms with E-state index >= 15 is 0 Å². The van der Waals surface area contributed by atoms with E-state index in [1.165, 1.54) is 7.11 Å². The molecule has 0 aromatic carbocycles. The molecule has 0 fully saturated rings. The first kappa shape index (κ1) is 16.5. The molecule has 1 aromatic heterocycles.